The molecule has 0 saturated carbocycles. The molecule has 0 aliphatic carbocycles. The van der Waals surface area contributed by atoms with E-state index in [1.807, 2.05) is 0 Å². The van der Waals surface area contributed by atoms with Crippen molar-refractivity contribution in [2.75, 3.05) is 0 Å². The van der Waals surface area contributed by atoms with Gasteiger partial charge in [-0.05, 0) is 6.07 Å². The summed E-state index contributed by atoms with van der Waals surface area (Å²) in [6.45, 7) is 0. The van der Waals surface area contributed by atoms with Gasteiger partial charge in [0.2, 0.25) is 0 Å². The molecule has 0 saturated heterocycles. The van der Waals surface area contributed by atoms with Gasteiger partial charge >= 0.3 is 6.18 Å². The molecular formula is C8H3BF3N. The van der Waals surface area contributed by atoms with Crippen LogP contribution in [0.1, 0.15) is 11.1 Å². The highest BCUT2D eigenvalue weighted by Gasteiger charge is 2.30. The molecule has 13 heavy (non-hydrogen) atoms. The standard InChI is InChI=1S/C8H3BF3N/c9-7-2-1-6(8(10,11)12)3-5(7)4-13/h1-3H. The van der Waals surface area contributed by atoms with E-state index >= 15 is 0 Å². The third-order valence-electron chi connectivity index (χ3n) is 1.50. The zero-order valence-electron chi connectivity index (χ0n) is 6.39. The first-order chi connectivity index (χ1) is 5.95. The first-order valence-electron chi connectivity index (χ1n) is 3.32. The summed E-state index contributed by atoms with van der Waals surface area (Å²) < 4.78 is 36.3. The van der Waals surface area contributed by atoms with E-state index in [9.17, 15) is 13.2 Å². The van der Waals surface area contributed by atoms with Gasteiger partial charge in [-0.2, -0.15) is 18.4 Å². The van der Waals surface area contributed by atoms with Crippen LogP contribution in [0.15, 0.2) is 18.2 Å². The van der Waals surface area contributed by atoms with Crippen molar-refractivity contribution in [2.24, 2.45) is 0 Å². The maximum Gasteiger partial charge on any atom is 0.416 e. The summed E-state index contributed by atoms with van der Waals surface area (Å²) >= 11 is 0. The highest BCUT2D eigenvalue weighted by molar-refractivity contribution is 6.33. The Balaban J connectivity index is 3.24. The van der Waals surface area contributed by atoms with Crippen LogP contribution in [0.25, 0.3) is 0 Å². The summed E-state index contributed by atoms with van der Waals surface area (Å²) in [7, 11) is 5.25. The molecular weight excluding hydrogens is 178 g/mol. The number of alkyl halides is 3. The van der Waals surface area contributed by atoms with E-state index in [1.54, 1.807) is 6.07 Å². The van der Waals surface area contributed by atoms with Crippen molar-refractivity contribution >= 4 is 13.3 Å². The summed E-state index contributed by atoms with van der Waals surface area (Å²) in [5, 5.41) is 8.41. The third kappa shape index (κ3) is 2.02. The SMILES string of the molecule is [B]c1ccc(C(F)(F)F)cc1C#N. The van der Waals surface area contributed by atoms with Gasteiger partial charge in [0.15, 0.2) is 0 Å². The second-order valence-corrected chi connectivity index (χ2v) is 2.41. The Labute approximate surface area is 74.2 Å². The third-order valence-corrected chi connectivity index (χ3v) is 1.50. The lowest BCUT2D eigenvalue weighted by Gasteiger charge is -2.07. The number of halogens is 3. The summed E-state index contributed by atoms with van der Waals surface area (Å²) in [4.78, 5) is 0. The van der Waals surface area contributed by atoms with E-state index in [4.69, 9.17) is 13.1 Å². The molecule has 1 aromatic carbocycles. The molecule has 2 radical (unpaired) electrons. The smallest absolute Gasteiger partial charge is 0.192 e. The second kappa shape index (κ2) is 3.13. The molecule has 1 nitrogen and oxygen atoms in total. The molecule has 1 rings (SSSR count). The van der Waals surface area contributed by atoms with Gasteiger partial charge in [0.1, 0.15) is 7.85 Å². The summed E-state index contributed by atoms with van der Waals surface area (Å²) in [5.74, 6) is 0. The van der Waals surface area contributed by atoms with Crippen molar-refractivity contribution in [3.63, 3.8) is 0 Å². The molecule has 0 N–H and O–H groups in total. The molecule has 0 amide bonds. The molecule has 64 valence electrons. The normalized spacial score (nSPS) is 10.9. The molecule has 0 spiro atoms. The van der Waals surface area contributed by atoms with Crippen LogP contribution in [-0.4, -0.2) is 7.85 Å². The van der Waals surface area contributed by atoms with Gasteiger partial charge < -0.3 is 0 Å². The van der Waals surface area contributed by atoms with Crippen LogP contribution >= 0.6 is 0 Å². The lowest BCUT2D eigenvalue weighted by molar-refractivity contribution is -0.137. The van der Waals surface area contributed by atoms with Gasteiger partial charge in [0, 0.05) is 5.56 Å². The Hall–Kier alpha value is -1.44. The van der Waals surface area contributed by atoms with Gasteiger partial charge in [0.05, 0.1) is 11.6 Å². The quantitative estimate of drug-likeness (QED) is 0.554. The molecule has 0 unspecified atom stereocenters. The van der Waals surface area contributed by atoms with E-state index in [2.05, 4.69) is 0 Å². The van der Waals surface area contributed by atoms with Crippen molar-refractivity contribution in [2.45, 2.75) is 6.18 Å². The summed E-state index contributed by atoms with van der Waals surface area (Å²) in [6, 6.07) is 4.23. The predicted octanol–water partition coefficient (Wildman–Crippen LogP) is 1.37. The Bertz CT molecular complexity index is 365. The Morgan fingerprint density at radius 3 is 2.38 bits per heavy atom. The van der Waals surface area contributed by atoms with Crippen molar-refractivity contribution in [1.82, 2.24) is 0 Å². The van der Waals surface area contributed by atoms with Gasteiger partial charge in [-0.1, -0.05) is 17.6 Å². The van der Waals surface area contributed by atoms with Crippen LogP contribution in [0, 0.1) is 11.3 Å². The van der Waals surface area contributed by atoms with Crippen LogP contribution in [0.4, 0.5) is 13.2 Å². The lowest BCUT2D eigenvalue weighted by Crippen LogP contribution is -2.12. The maximum atomic E-state index is 12.1. The number of benzene rings is 1. The van der Waals surface area contributed by atoms with E-state index in [-0.39, 0.29) is 11.0 Å². The van der Waals surface area contributed by atoms with Crippen LogP contribution in [0.3, 0.4) is 0 Å². The molecule has 0 bridgehead atoms. The fourth-order valence-electron chi connectivity index (χ4n) is 0.829. The Morgan fingerprint density at radius 2 is 1.92 bits per heavy atom. The van der Waals surface area contributed by atoms with Gasteiger partial charge in [-0.3, -0.25) is 0 Å². The monoisotopic (exact) mass is 181 g/mol. The van der Waals surface area contributed by atoms with E-state index < -0.39 is 11.7 Å². The van der Waals surface area contributed by atoms with Crippen molar-refractivity contribution < 1.29 is 13.2 Å². The number of hydrogen-bond acceptors (Lipinski definition) is 1. The first-order valence-corrected chi connectivity index (χ1v) is 3.32. The van der Waals surface area contributed by atoms with Gasteiger partial charge in [0.25, 0.3) is 0 Å². The fourth-order valence-corrected chi connectivity index (χ4v) is 0.829. The first kappa shape index (κ1) is 9.65. The molecule has 5 heteroatoms. The lowest BCUT2D eigenvalue weighted by atomic mass is 9.90. The highest BCUT2D eigenvalue weighted by Crippen LogP contribution is 2.28. The average molecular weight is 181 g/mol. The average Bonchev–Trinajstić information content (AvgIpc) is 2.03. The maximum absolute atomic E-state index is 12.1. The largest absolute Gasteiger partial charge is 0.416 e. The minimum Gasteiger partial charge on any atom is -0.192 e. The van der Waals surface area contributed by atoms with E-state index in [0.717, 1.165) is 18.2 Å². The van der Waals surface area contributed by atoms with Crippen molar-refractivity contribution in [1.29, 1.82) is 5.26 Å². The second-order valence-electron chi connectivity index (χ2n) is 2.41. The van der Waals surface area contributed by atoms with Crippen LogP contribution in [-0.2, 0) is 6.18 Å². The van der Waals surface area contributed by atoms with Crippen molar-refractivity contribution in [3.05, 3.63) is 29.3 Å². The van der Waals surface area contributed by atoms with E-state index in [1.165, 1.54) is 0 Å². The van der Waals surface area contributed by atoms with Gasteiger partial charge in [-0.25, -0.2) is 0 Å². The van der Waals surface area contributed by atoms with Crippen LogP contribution < -0.4 is 5.46 Å². The number of rotatable bonds is 0. The van der Waals surface area contributed by atoms with Crippen molar-refractivity contribution in [3.8, 4) is 6.07 Å². The van der Waals surface area contributed by atoms with E-state index in [0.29, 0.717) is 0 Å². The highest BCUT2D eigenvalue weighted by atomic mass is 19.4. The molecule has 0 aliphatic heterocycles. The molecule has 0 atom stereocenters. The number of nitrogens with zero attached hydrogens (tertiary/aromatic N) is 1. The van der Waals surface area contributed by atoms with Crippen LogP contribution in [0.2, 0.25) is 0 Å². The number of hydrogen-bond donors (Lipinski definition) is 0. The minimum absolute atomic E-state index is 0.0514. The van der Waals surface area contributed by atoms with Crippen LogP contribution in [0.5, 0.6) is 0 Å². The fraction of sp³-hybridized carbons (Fsp3) is 0.125. The zero-order chi connectivity index (χ0) is 10.1. The summed E-state index contributed by atoms with van der Waals surface area (Å²) in [6.07, 6.45) is -4.43. The molecule has 0 aliphatic rings. The Kier molecular flexibility index (Phi) is 2.33. The topological polar surface area (TPSA) is 23.8 Å². The Morgan fingerprint density at radius 1 is 1.31 bits per heavy atom. The zero-order valence-corrected chi connectivity index (χ0v) is 6.39. The predicted molar refractivity (Wildman–Crippen MR) is 41.5 cm³/mol. The molecule has 0 fully saturated rings. The molecule has 0 heterocycles. The molecule has 1 aromatic rings. The number of nitriles is 1. The molecule has 0 aromatic heterocycles. The van der Waals surface area contributed by atoms with Gasteiger partial charge in [-0.15, -0.1) is 0 Å². The summed E-state index contributed by atoms with van der Waals surface area (Å²) in [5.41, 5.74) is -0.969. The minimum atomic E-state index is -4.43.